The number of benzene rings is 1. The highest BCUT2D eigenvalue weighted by molar-refractivity contribution is 7.19. The zero-order valence-electron chi connectivity index (χ0n) is 8.90. The predicted octanol–water partition coefficient (Wildman–Crippen LogP) is 3.57. The zero-order chi connectivity index (χ0) is 12.0. The fraction of sp³-hybridized carbons (Fsp3) is 0.333. The number of thiophene rings is 1. The Hall–Kier alpha value is -1.07. The molecular weight excluding hydrogens is 247 g/mol. The molecule has 90 valence electrons. The van der Waals surface area contributed by atoms with Crippen molar-refractivity contribution in [1.29, 1.82) is 0 Å². The molecule has 0 bridgehead atoms. The monoisotopic (exact) mass is 257 g/mol. The summed E-state index contributed by atoms with van der Waals surface area (Å²) >= 11 is 1.47. The predicted molar refractivity (Wildman–Crippen MR) is 62.2 cm³/mol. The first-order valence-electron chi connectivity index (χ1n) is 5.38. The van der Waals surface area contributed by atoms with E-state index < -0.39 is 11.7 Å². The summed E-state index contributed by atoms with van der Waals surface area (Å²) in [6.45, 7) is 1.68. The van der Waals surface area contributed by atoms with Crippen molar-refractivity contribution < 1.29 is 13.2 Å². The van der Waals surface area contributed by atoms with E-state index in [0.717, 1.165) is 29.6 Å². The second-order valence-corrected chi connectivity index (χ2v) is 5.28. The number of nitrogens with one attached hydrogen (secondary N) is 1. The van der Waals surface area contributed by atoms with Gasteiger partial charge in [-0.3, -0.25) is 0 Å². The van der Waals surface area contributed by atoms with Crippen LogP contribution in [0.4, 0.5) is 13.2 Å². The van der Waals surface area contributed by atoms with Crippen molar-refractivity contribution in [1.82, 2.24) is 5.32 Å². The van der Waals surface area contributed by atoms with Gasteiger partial charge in [0.05, 0.1) is 5.56 Å². The quantitative estimate of drug-likeness (QED) is 0.760. The van der Waals surface area contributed by atoms with Gasteiger partial charge < -0.3 is 5.32 Å². The van der Waals surface area contributed by atoms with Gasteiger partial charge in [0.25, 0.3) is 0 Å². The minimum absolute atomic E-state index is 0.559. The first kappa shape index (κ1) is 11.0. The van der Waals surface area contributed by atoms with E-state index in [1.165, 1.54) is 33.9 Å². The minimum atomic E-state index is -4.25. The molecule has 1 aliphatic heterocycles. The largest absolute Gasteiger partial charge is 0.416 e. The molecule has 0 saturated carbocycles. The molecule has 1 aromatic carbocycles. The standard InChI is InChI=1S/C12H10F3NS/c13-12(14,15)7-1-2-8-9-3-4-16-6-11(9)17-10(8)5-7/h1-2,5,16H,3-4,6H2. The van der Waals surface area contributed by atoms with Crippen LogP contribution >= 0.6 is 11.3 Å². The fourth-order valence-corrected chi connectivity index (χ4v) is 3.47. The summed E-state index contributed by atoms with van der Waals surface area (Å²) in [5, 5.41) is 4.22. The summed E-state index contributed by atoms with van der Waals surface area (Å²) in [6.07, 6.45) is -3.35. The van der Waals surface area contributed by atoms with Crippen molar-refractivity contribution in [2.24, 2.45) is 0 Å². The smallest absolute Gasteiger partial charge is 0.312 e. The minimum Gasteiger partial charge on any atom is -0.312 e. The van der Waals surface area contributed by atoms with Crippen LogP contribution in [0.15, 0.2) is 18.2 Å². The van der Waals surface area contributed by atoms with Gasteiger partial charge in [-0.1, -0.05) is 6.07 Å². The van der Waals surface area contributed by atoms with Gasteiger partial charge in [-0.25, -0.2) is 0 Å². The van der Waals surface area contributed by atoms with Gasteiger partial charge >= 0.3 is 6.18 Å². The number of hydrogen-bond donors (Lipinski definition) is 1. The lowest BCUT2D eigenvalue weighted by Gasteiger charge is -2.12. The maximum atomic E-state index is 12.6. The van der Waals surface area contributed by atoms with Crippen LogP contribution in [0.3, 0.4) is 0 Å². The molecule has 0 amide bonds. The second-order valence-electron chi connectivity index (χ2n) is 4.14. The molecule has 5 heteroatoms. The van der Waals surface area contributed by atoms with Gasteiger partial charge in [-0.05, 0) is 36.0 Å². The van der Waals surface area contributed by atoms with E-state index in [1.807, 2.05) is 0 Å². The van der Waals surface area contributed by atoms with E-state index in [-0.39, 0.29) is 0 Å². The van der Waals surface area contributed by atoms with E-state index >= 15 is 0 Å². The average Bonchev–Trinajstić information content (AvgIpc) is 2.65. The highest BCUT2D eigenvalue weighted by atomic mass is 32.1. The molecule has 0 saturated heterocycles. The lowest BCUT2D eigenvalue weighted by atomic mass is 10.0. The molecule has 2 heterocycles. The van der Waals surface area contributed by atoms with Crippen LogP contribution in [-0.4, -0.2) is 6.54 Å². The molecule has 3 rings (SSSR count). The summed E-state index contributed by atoms with van der Waals surface area (Å²) in [6, 6.07) is 4.05. The van der Waals surface area contributed by atoms with E-state index in [1.54, 1.807) is 6.07 Å². The first-order chi connectivity index (χ1) is 8.05. The Balaban J connectivity index is 2.18. The van der Waals surface area contributed by atoms with Crippen LogP contribution in [-0.2, 0) is 19.1 Å². The van der Waals surface area contributed by atoms with E-state index in [4.69, 9.17) is 0 Å². The van der Waals surface area contributed by atoms with Gasteiger partial charge in [-0.2, -0.15) is 13.2 Å². The van der Waals surface area contributed by atoms with Crippen LogP contribution in [0.25, 0.3) is 10.1 Å². The maximum Gasteiger partial charge on any atom is 0.416 e. The number of alkyl halides is 3. The molecular formula is C12H10F3NS. The van der Waals surface area contributed by atoms with Gasteiger partial charge in [0.2, 0.25) is 0 Å². The number of rotatable bonds is 0. The van der Waals surface area contributed by atoms with Gasteiger partial charge in [-0.15, -0.1) is 11.3 Å². The molecule has 0 aliphatic carbocycles. The molecule has 0 spiro atoms. The topological polar surface area (TPSA) is 12.0 Å². The summed E-state index contributed by atoms with van der Waals surface area (Å²) < 4.78 is 38.5. The first-order valence-corrected chi connectivity index (χ1v) is 6.19. The summed E-state index contributed by atoms with van der Waals surface area (Å²) in [5.41, 5.74) is 0.661. The highest BCUT2D eigenvalue weighted by Gasteiger charge is 2.31. The Morgan fingerprint density at radius 3 is 2.82 bits per heavy atom. The van der Waals surface area contributed by atoms with Gasteiger partial charge in [0.15, 0.2) is 0 Å². The van der Waals surface area contributed by atoms with Crippen molar-refractivity contribution in [3.05, 3.63) is 34.2 Å². The lowest BCUT2D eigenvalue weighted by molar-refractivity contribution is -0.137. The summed E-state index contributed by atoms with van der Waals surface area (Å²) in [7, 11) is 0. The molecule has 0 radical (unpaired) electrons. The van der Waals surface area contributed by atoms with Crippen LogP contribution in [0, 0.1) is 0 Å². The number of halogens is 3. The van der Waals surface area contributed by atoms with Crippen molar-refractivity contribution in [2.75, 3.05) is 6.54 Å². The van der Waals surface area contributed by atoms with Crippen LogP contribution in [0.1, 0.15) is 16.0 Å². The van der Waals surface area contributed by atoms with E-state index in [9.17, 15) is 13.2 Å². The molecule has 0 unspecified atom stereocenters. The molecule has 0 fully saturated rings. The third-order valence-electron chi connectivity index (χ3n) is 3.04. The molecule has 1 nitrogen and oxygen atoms in total. The second kappa shape index (κ2) is 3.71. The van der Waals surface area contributed by atoms with Crippen LogP contribution in [0.5, 0.6) is 0 Å². The summed E-state index contributed by atoms with van der Waals surface area (Å²) in [4.78, 5) is 1.17. The third-order valence-corrected chi connectivity index (χ3v) is 4.24. The molecule has 1 N–H and O–H groups in total. The van der Waals surface area contributed by atoms with Crippen LogP contribution < -0.4 is 5.32 Å². The van der Waals surface area contributed by atoms with E-state index in [0.29, 0.717) is 0 Å². The molecule has 0 atom stereocenters. The van der Waals surface area contributed by atoms with Gasteiger partial charge in [0.1, 0.15) is 0 Å². The van der Waals surface area contributed by atoms with Crippen molar-refractivity contribution in [3.63, 3.8) is 0 Å². The SMILES string of the molecule is FC(F)(F)c1ccc2c3c(sc2c1)CNCC3. The van der Waals surface area contributed by atoms with Gasteiger partial charge in [0, 0.05) is 16.1 Å². The van der Waals surface area contributed by atoms with Crippen molar-refractivity contribution >= 4 is 21.4 Å². The Labute approximate surface area is 100 Å². The molecule has 2 aromatic rings. The van der Waals surface area contributed by atoms with Crippen molar-refractivity contribution in [2.45, 2.75) is 19.1 Å². The third kappa shape index (κ3) is 1.83. The Bertz CT molecular complexity index is 571. The lowest BCUT2D eigenvalue weighted by Crippen LogP contribution is -2.21. The molecule has 1 aliphatic rings. The fourth-order valence-electron chi connectivity index (χ4n) is 2.21. The Kier molecular flexibility index (Phi) is 2.41. The summed E-state index contributed by atoms with van der Waals surface area (Å²) in [5.74, 6) is 0. The average molecular weight is 257 g/mol. The normalized spacial score (nSPS) is 16.2. The van der Waals surface area contributed by atoms with E-state index in [2.05, 4.69) is 5.32 Å². The highest BCUT2D eigenvalue weighted by Crippen LogP contribution is 2.37. The van der Waals surface area contributed by atoms with Crippen LogP contribution in [0.2, 0.25) is 0 Å². The Morgan fingerprint density at radius 1 is 1.24 bits per heavy atom. The zero-order valence-corrected chi connectivity index (χ0v) is 9.71. The van der Waals surface area contributed by atoms with Crippen molar-refractivity contribution in [3.8, 4) is 0 Å². The molecule has 1 aromatic heterocycles. The number of fused-ring (bicyclic) bond motifs is 3. The Morgan fingerprint density at radius 2 is 2.06 bits per heavy atom. The molecule has 17 heavy (non-hydrogen) atoms. The maximum absolute atomic E-state index is 12.6. The number of hydrogen-bond acceptors (Lipinski definition) is 2.